The molecule has 2 atom stereocenters. The number of fused-ring (bicyclic) bond motifs is 2. The third-order valence-corrected chi connectivity index (χ3v) is 13.1. The van der Waals surface area contributed by atoms with E-state index in [0.29, 0.717) is 66.1 Å². The number of aromatic nitrogens is 6. The molecule has 0 unspecified atom stereocenters. The molecule has 5 aromatic carbocycles. The summed E-state index contributed by atoms with van der Waals surface area (Å²) >= 11 is 0. The molecule has 11 rings (SSSR count). The van der Waals surface area contributed by atoms with Gasteiger partial charge in [-0.15, -0.1) is 20.4 Å². The molecular weight excluding hydrogens is 949 g/mol. The van der Waals surface area contributed by atoms with Crippen LogP contribution < -0.4 is 5.32 Å². The van der Waals surface area contributed by atoms with Gasteiger partial charge in [0.15, 0.2) is 0 Å². The second-order valence-corrected chi connectivity index (χ2v) is 20.2. The minimum Gasteiger partial charge on any atom is -0.445 e. The number of likely N-dealkylation sites (tertiary alicyclic amines) is 1. The molecule has 6 heterocycles. The lowest BCUT2D eigenvalue weighted by Crippen LogP contribution is -2.31. The molecule has 16 heteroatoms. The van der Waals surface area contributed by atoms with Gasteiger partial charge in [0.2, 0.25) is 23.6 Å². The number of ketones is 2. The van der Waals surface area contributed by atoms with Crippen LogP contribution in [0.3, 0.4) is 0 Å². The number of benzene rings is 5. The number of ether oxygens (including phenoxy) is 2. The number of nitrogens with one attached hydrogen (secondary N) is 2. The van der Waals surface area contributed by atoms with Crippen LogP contribution in [0, 0.1) is 0 Å². The Bertz CT molecular complexity index is 3510. The molecule has 2 aliphatic rings. The molecule has 0 aliphatic carbocycles. The van der Waals surface area contributed by atoms with Crippen molar-refractivity contribution in [1.29, 1.82) is 0 Å². The lowest BCUT2D eigenvalue weighted by molar-refractivity contribution is -0.117. The highest BCUT2D eigenvalue weighted by atomic mass is 16.6. The van der Waals surface area contributed by atoms with E-state index in [1.54, 1.807) is 23.3 Å². The van der Waals surface area contributed by atoms with E-state index in [0.717, 1.165) is 81.2 Å². The van der Waals surface area contributed by atoms with Crippen LogP contribution in [0.2, 0.25) is 0 Å². The smallest absolute Gasteiger partial charge is 0.419 e. The molecule has 0 spiro atoms. The summed E-state index contributed by atoms with van der Waals surface area (Å²) in [5.41, 5.74) is 9.01. The van der Waals surface area contributed by atoms with E-state index in [1.807, 2.05) is 136 Å². The van der Waals surface area contributed by atoms with Crippen molar-refractivity contribution in [3.05, 3.63) is 156 Å². The fraction of sp³-hybridized carbons (Fsp3) is 0.288. The van der Waals surface area contributed by atoms with E-state index in [9.17, 15) is 19.2 Å². The van der Waals surface area contributed by atoms with Gasteiger partial charge in [0.1, 0.15) is 29.8 Å². The molecule has 2 aliphatic heterocycles. The summed E-state index contributed by atoms with van der Waals surface area (Å²) in [6.45, 7) is 10.4. The zero-order valence-electron chi connectivity index (χ0n) is 42.6. The molecule has 0 saturated carbocycles. The number of aromatic amines is 1. The summed E-state index contributed by atoms with van der Waals surface area (Å²) in [6, 6.07) is 40.7. The van der Waals surface area contributed by atoms with Crippen LogP contribution in [-0.2, 0) is 38.5 Å². The Morgan fingerprint density at radius 2 is 1.27 bits per heavy atom. The Balaban J connectivity index is 0.000000189. The first-order valence-electron chi connectivity index (χ1n) is 25.3. The van der Waals surface area contributed by atoms with Crippen molar-refractivity contribution in [3.8, 4) is 45.4 Å². The van der Waals surface area contributed by atoms with Gasteiger partial charge in [0, 0.05) is 52.5 Å². The van der Waals surface area contributed by atoms with E-state index in [4.69, 9.17) is 18.3 Å². The molecule has 2 fully saturated rings. The van der Waals surface area contributed by atoms with Crippen molar-refractivity contribution in [2.24, 2.45) is 0 Å². The van der Waals surface area contributed by atoms with Gasteiger partial charge in [-0.05, 0) is 143 Å². The largest absolute Gasteiger partial charge is 0.445 e. The van der Waals surface area contributed by atoms with Crippen LogP contribution in [0.4, 0.5) is 9.59 Å². The number of amides is 1. The van der Waals surface area contributed by atoms with E-state index in [2.05, 4.69) is 42.8 Å². The number of carbonyl (C=O) groups is 4. The summed E-state index contributed by atoms with van der Waals surface area (Å²) in [7, 11) is 0. The molecule has 2 N–H and O–H groups in total. The highest BCUT2D eigenvalue weighted by molar-refractivity contribution is 5.98. The summed E-state index contributed by atoms with van der Waals surface area (Å²) in [4.78, 5) is 54.4. The Labute approximate surface area is 433 Å². The predicted octanol–water partition coefficient (Wildman–Crippen LogP) is 12.2. The molecular formula is C59H58N8O8. The second kappa shape index (κ2) is 21.5. The van der Waals surface area contributed by atoms with Gasteiger partial charge in [-0.25, -0.2) is 14.2 Å². The van der Waals surface area contributed by atoms with Gasteiger partial charge in [0.25, 0.3) is 0 Å². The van der Waals surface area contributed by atoms with Gasteiger partial charge in [-0.1, -0.05) is 78.9 Å². The zero-order valence-corrected chi connectivity index (χ0v) is 42.6. The van der Waals surface area contributed by atoms with Crippen LogP contribution in [0.1, 0.15) is 101 Å². The van der Waals surface area contributed by atoms with Gasteiger partial charge in [0.05, 0.1) is 17.3 Å². The quantitative estimate of drug-likeness (QED) is 0.117. The summed E-state index contributed by atoms with van der Waals surface area (Å²) in [5.74, 6) is 2.12. The minimum atomic E-state index is -0.696. The molecule has 75 heavy (non-hydrogen) atoms. The third-order valence-electron chi connectivity index (χ3n) is 13.1. The fourth-order valence-corrected chi connectivity index (χ4v) is 9.57. The average Bonchev–Trinajstić information content (AvgIpc) is 4.26. The standard InChI is InChI=1S/C36H36N4O6.C23H22N4O2/c1-23(41)19-24-12-14-26(15-13-24)31-21-28-20-27(16-17-29(28)40(31)35(43)46-36(2,3)4)32-37-38-33(45-32)30-11-8-18-39(30)34(42)44-22-25-9-6-5-7-10-25;1-14(28)11-15-4-6-16(7-5-15)21-13-18-12-17(8-9-19(18)25-21)22-26-27-23(29-22)20-3-2-10-24-20/h5-7,9-10,12-17,20-21,30H,8,11,18-19,22H2,1-4H3;4-9,12-13,20,24-25H,2-3,10-11H2,1H3/t30-;20-/m00/s1. The number of rotatable bonds is 12. The van der Waals surface area contributed by atoms with Crippen molar-refractivity contribution in [2.75, 3.05) is 13.1 Å². The molecule has 9 aromatic rings. The summed E-state index contributed by atoms with van der Waals surface area (Å²) in [5, 5.41) is 22.3. The van der Waals surface area contributed by atoms with Crippen molar-refractivity contribution in [3.63, 3.8) is 0 Å². The number of carbonyl (C=O) groups excluding carboxylic acids is 4. The maximum Gasteiger partial charge on any atom is 0.419 e. The van der Waals surface area contributed by atoms with Crippen LogP contribution in [-0.4, -0.2) is 77.3 Å². The molecule has 1 amide bonds. The topological polar surface area (TPSA) is 201 Å². The Morgan fingerprint density at radius 3 is 1.92 bits per heavy atom. The molecule has 4 aromatic heterocycles. The lowest BCUT2D eigenvalue weighted by Gasteiger charge is -2.21. The van der Waals surface area contributed by atoms with Crippen molar-refractivity contribution in [2.45, 2.75) is 97.4 Å². The molecule has 382 valence electrons. The maximum atomic E-state index is 13.5. The van der Waals surface area contributed by atoms with E-state index >= 15 is 0 Å². The van der Waals surface area contributed by atoms with Crippen molar-refractivity contribution in [1.82, 2.24) is 40.2 Å². The fourth-order valence-electron chi connectivity index (χ4n) is 9.57. The Morgan fingerprint density at radius 1 is 0.640 bits per heavy atom. The van der Waals surface area contributed by atoms with Gasteiger partial charge >= 0.3 is 12.2 Å². The van der Waals surface area contributed by atoms with Crippen molar-refractivity contribution < 1.29 is 37.5 Å². The first-order chi connectivity index (χ1) is 36.2. The number of hydrogen-bond acceptors (Lipinski definition) is 13. The number of H-pyrrole nitrogens is 1. The number of Topliss-reactive ketones (excluding diaryl/α,β-unsaturated/α-hetero) is 2. The molecule has 2 saturated heterocycles. The van der Waals surface area contributed by atoms with E-state index in [1.165, 1.54) is 0 Å². The van der Waals surface area contributed by atoms with Gasteiger partial charge in [-0.2, -0.15) is 0 Å². The first-order valence-corrected chi connectivity index (χ1v) is 25.3. The van der Waals surface area contributed by atoms with Crippen LogP contribution in [0.15, 0.2) is 136 Å². The van der Waals surface area contributed by atoms with Crippen LogP contribution in [0.25, 0.3) is 67.2 Å². The second-order valence-electron chi connectivity index (χ2n) is 20.2. The number of nitrogens with zero attached hydrogens (tertiary/aromatic N) is 6. The monoisotopic (exact) mass is 1010 g/mol. The predicted molar refractivity (Wildman–Crippen MR) is 283 cm³/mol. The molecule has 16 nitrogen and oxygen atoms in total. The molecule has 0 bridgehead atoms. The minimum absolute atomic E-state index is 0.0796. The summed E-state index contributed by atoms with van der Waals surface area (Å²) in [6.07, 6.45) is 3.55. The highest BCUT2D eigenvalue weighted by Crippen LogP contribution is 2.36. The third kappa shape index (κ3) is 11.7. The Hall–Kier alpha value is -8.50. The van der Waals surface area contributed by atoms with E-state index < -0.39 is 17.8 Å². The SMILES string of the molecule is CC(=O)Cc1ccc(-c2cc3cc(-c4nnc([C@@H]5CCCN5)o4)ccc3[nH]2)cc1.CC(=O)Cc1ccc(-c2cc3cc(-c4nnc([C@@H]5CCCN5C(=O)OCc5ccccc5)o4)ccc3n2C(=O)OC(C)(C)C)cc1. The number of hydrogen-bond donors (Lipinski definition) is 2. The van der Waals surface area contributed by atoms with Crippen LogP contribution >= 0.6 is 0 Å². The zero-order chi connectivity index (χ0) is 52.2. The highest BCUT2D eigenvalue weighted by Gasteiger charge is 2.35. The van der Waals surface area contributed by atoms with Crippen LogP contribution in [0.5, 0.6) is 0 Å². The van der Waals surface area contributed by atoms with E-state index in [-0.39, 0.29) is 30.3 Å². The lowest BCUT2D eigenvalue weighted by atomic mass is 10.1. The summed E-state index contributed by atoms with van der Waals surface area (Å²) < 4.78 is 24.9. The normalized spacial score (nSPS) is 15.5. The first kappa shape index (κ1) is 50.1. The Kier molecular flexibility index (Phi) is 14.4. The van der Waals surface area contributed by atoms with Gasteiger partial charge in [-0.3, -0.25) is 14.5 Å². The molecule has 0 radical (unpaired) electrons. The van der Waals surface area contributed by atoms with Gasteiger partial charge < -0.3 is 28.6 Å². The average molecular weight is 1010 g/mol. The van der Waals surface area contributed by atoms with Crippen molar-refractivity contribution >= 4 is 45.6 Å². The maximum absolute atomic E-state index is 13.5.